The van der Waals surface area contributed by atoms with Crippen molar-refractivity contribution in [3.05, 3.63) is 17.5 Å². The molecule has 5 heteroatoms. The number of anilines is 1. The molecule has 1 aromatic heterocycles. The van der Waals surface area contributed by atoms with E-state index in [1.807, 2.05) is 11.9 Å². The first-order valence-corrected chi connectivity index (χ1v) is 4.50. The smallest absolute Gasteiger partial charge is 0.149 e. The normalized spacial score (nSPS) is 10.1. The van der Waals surface area contributed by atoms with Gasteiger partial charge in [0.1, 0.15) is 11.0 Å². The third-order valence-corrected chi connectivity index (χ3v) is 1.86. The number of hydrogen-bond acceptors (Lipinski definition) is 4. The molecule has 0 aliphatic heterocycles. The highest BCUT2D eigenvalue weighted by Crippen LogP contribution is 2.10. The van der Waals surface area contributed by atoms with E-state index in [0.29, 0.717) is 11.7 Å². The molecular weight excluding hydrogens is 188 g/mol. The highest BCUT2D eigenvalue weighted by atomic mass is 35.5. The Kier molecular flexibility index (Phi) is 3.92. The van der Waals surface area contributed by atoms with Gasteiger partial charge in [-0.1, -0.05) is 11.6 Å². The third kappa shape index (κ3) is 3.16. The minimum Gasteiger partial charge on any atom is -0.358 e. The fourth-order valence-electron chi connectivity index (χ4n) is 0.960. The van der Waals surface area contributed by atoms with E-state index in [4.69, 9.17) is 17.3 Å². The first-order valence-electron chi connectivity index (χ1n) is 4.13. The summed E-state index contributed by atoms with van der Waals surface area (Å²) in [4.78, 5) is 10.0. The lowest BCUT2D eigenvalue weighted by Gasteiger charge is -2.16. The number of halogens is 1. The molecule has 0 saturated heterocycles. The Morgan fingerprint density at radius 2 is 2.31 bits per heavy atom. The molecule has 0 unspecified atom stereocenters. The van der Waals surface area contributed by atoms with Gasteiger partial charge >= 0.3 is 0 Å². The SMILES string of the molecule is CN(CCCN)c1cncc(Cl)n1. The molecule has 0 aliphatic rings. The van der Waals surface area contributed by atoms with Gasteiger partial charge in [0.05, 0.1) is 12.4 Å². The summed E-state index contributed by atoms with van der Waals surface area (Å²) in [5.74, 6) is 0.779. The van der Waals surface area contributed by atoms with Gasteiger partial charge in [-0.15, -0.1) is 0 Å². The van der Waals surface area contributed by atoms with Crippen LogP contribution in [0.3, 0.4) is 0 Å². The first kappa shape index (κ1) is 10.2. The van der Waals surface area contributed by atoms with Crippen LogP contribution >= 0.6 is 11.6 Å². The van der Waals surface area contributed by atoms with E-state index in [-0.39, 0.29) is 0 Å². The molecule has 1 rings (SSSR count). The number of nitrogens with two attached hydrogens (primary N) is 1. The van der Waals surface area contributed by atoms with E-state index in [1.54, 1.807) is 6.20 Å². The summed E-state index contributed by atoms with van der Waals surface area (Å²) in [6, 6.07) is 0. The summed E-state index contributed by atoms with van der Waals surface area (Å²) in [6.45, 7) is 1.55. The maximum atomic E-state index is 5.70. The molecular formula is C8H13ClN4. The molecule has 0 amide bonds. The second-order valence-corrected chi connectivity index (χ2v) is 3.15. The maximum Gasteiger partial charge on any atom is 0.149 e. The quantitative estimate of drug-likeness (QED) is 0.785. The number of nitrogens with zero attached hydrogens (tertiary/aromatic N) is 3. The Morgan fingerprint density at radius 3 is 2.92 bits per heavy atom. The molecule has 72 valence electrons. The van der Waals surface area contributed by atoms with Gasteiger partial charge in [-0.2, -0.15) is 0 Å². The maximum absolute atomic E-state index is 5.70. The molecule has 0 aliphatic carbocycles. The van der Waals surface area contributed by atoms with Gasteiger partial charge in [0, 0.05) is 13.6 Å². The van der Waals surface area contributed by atoms with E-state index < -0.39 is 0 Å². The van der Waals surface area contributed by atoms with Crippen LogP contribution in [0.2, 0.25) is 5.15 Å². The van der Waals surface area contributed by atoms with Crippen molar-refractivity contribution in [2.75, 3.05) is 25.0 Å². The van der Waals surface area contributed by atoms with Crippen molar-refractivity contribution in [2.45, 2.75) is 6.42 Å². The van der Waals surface area contributed by atoms with Crippen molar-refractivity contribution in [3.8, 4) is 0 Å². The topological polar surface area (TPSA) is 55.0 Å². The minimum absolute atomic E-state index is 0.414. The Labute approximate surface area is 82.7 Å². The average molecular weight is 201 g/mol. The summed E-state index contributed by atoms with van der Waals surface area (Å²) in [7, 11) is 1.94. The first-order chi connectivity index (χ1) is 6.24. The van der Waals surface area contributed by atoms with E-state index in [2.05, 4.69) is 9.97 Å². The highest BCUT2D eigenvalue weighted by molar-refractivity contribution is 6.29. The molecule has 1 aromatic rings. The molecule has 2 N–H and O–H groups in total. The second-order valence-electron chi connectivity index (χ2n) is 2.76. The molecule has 0 spiro atoms. The zero-order valence-corrected chi connectivity index (χ0v) is 8.33. The van der Waals surface area contributed by atoms with Crippen LogP contribution in [0, 0.1) is 0 Å². The zero-order valence-electron chi connectivity index (χ0n) is 7.57. The van der Waals surface area contributed by atoms with Gasteiger partial charge in [-0.05, 0) is 13.0 Å². The van der Waals surface area contributed by atoms with E-state index in [9.17, 15) is 0 Å². The summed E-state index contributed by atoms with van der Waals surface area (Å²) in [5.41, 5.74) is 5.40. The summed E-state index contributed by atoms with van der Waals surface area (Å²) >= 11 is 5.70. The van der Waals surface area contributed by atoms with Crippen LogP contribution in [0.25, 0.3) is 0 Å². The fourth-order valence-corrected chi connectivity index (χ4v) is 1.10. The molecule has 0 saturated carbocycles. The lowest BCUT2D eigenvalue weighted by atomic mass is 10.4. The standard InChI is InChI=1S/C8H13ClN4/c1-13(4-2-3-10)8-6-11-5-7(9)12-8/h5-6H,2-4,10H2,1H3. The minimum atomic E-state index is 0.414. The average Bonchev–Trinajstić information content (AvgIpc) is 2.14. The van der Waals surface area contributed by atoms with Crippen LogP contribution in [0.15, 0.2) is 12.4 Å². The summed E-state index contributed by atoms with van der Waals surface area (Å²) in [5, 5.41) is 0.414. The van der Waals surface area contributed by atoms with Crippen LogP contribution in [0.1, 0.15) is 6.42 Å². The predicted molar refractivity (Wildman–Crippen MR) is 54.0 cm³/mol. The molecule has 1 heterocycles. The van der Waals surface area contributed by atoms with Gasteiger partial charge < -0.3 is 10.6 Å². The third-order valence-electron chi connectivity index (χ3n) is 1.68. The van der Waals surface area contributed by atoms with Gasteiger partial charge in [0.2, 0.25) is 0 Å². The van der Waals surface area contributed by atoms with Crippen molar-refractivity contribution in [2.24, 2.45) is 5.73 Å². The van der Waals surface area contributed by atoms with Crippen LogP contribution in [-0.4, -0.2) is 30.1 Å². The van der Waals surface area contributed by atoms with Crippen molar-refractivity contribution in [3.63, 3.8) is 0 Å². The van der Waals surface area contributed by atoms with E-state index in [0.717, 1.165) is 18.8 Å². The van der Waals surface area contributed by atoms with E-state index >= 15 is 0 Å². The number of aromatic nitrogens is 2. The van der Waals surface area contributed by atoms with Gasteiger partial charge in [-0.25, -0.2) is 4.98 Å². The Balaban J connectivity index is 2.60. The Hall–Kier alpha value is -0.870. The Bertz CT molecular complexity index is 266. The number of rotatable bonds is 4. The molecule has 0 aromatic carbocycles. The number of hydrogen-bond donors (Lipinski definition) is 1. The van der Waals surface area contributed by atoms with E-state index in [1.165, 1.54) is 6.20 Å². The van der Waals surface area contributed by atoms with Crippen LogP contribution in [0.5, 0.6) is 0 Å². The van der Waals surface area contributed by atoms with Gasteiger partial charge in [0.15, 0.2) is 0 Å². The fraction of sp³-hybridized carbons (Fsp3) is 0.500. The molecule has 0 fully saturated rings. The molecule has 0 radical (unpaired) electrons. The summed E-state index contributed by atoms with van der Waals surface area (Å²) in [6.07, 6.45) is 4.13. The lowest BCUT2D eigenvalue weighted by Crippen LogP contribution is -2.22. The van der Waals surface area contributed by atoms with Gasteiger partial charge in [-0.3, -0.25) is 4.98 Å². The van der Waals surface area contributed by atoms with Crippen LogP contribution in [-0.2, 0) is 0 Å². The zero-order chi connectivity index (χ0) is 9.68. The van der Waals surface area contributed by atoms with Crippen LogP contribution < -0.4 is 10.6 Å². The lowest BCUT2D eigenvalue weighted by molar-refractivity contribution is 0.784. The molecule has 4 nitrogen and oxygen atoms in total. The molecule has 0 bridgehead atoms. The molecule has 13 heavy (non-hydrogen) atoms. The van der Waals surface area contributed by atoms with Crippen molar-refractivity contribution >= 4 is 17.4 Å². The Morgan fingerprint density at radius 1 is 1.54 bits per heavy atom. The second kappa shape index (κ2) is 4.99. The van der Waals surface area contributed by atoms with Crippen molar-refractivity contribution in [1.82, 2.24) is 9.97 Å². The van der Waals surface area contributed by atoms with Crippen molar-refractivity contribution < 1.29 is 0 Å². The van der Waals surface area contributed by atoms with Crippen molar-refractivity contribution in [1.29, 1.82) is 0 Å². The van der Waals surface area contributed by atoms with Gasteiger partial charge in [0.25, 0.3) is 0 Å². The monoisotopic (exact) mass is 200 g/mol. The predicted octanol–water partition coefficient (Wildman–Crippen LogP) is 0.915. The largest absolute Gasteiger partial charge is 0.358 e. The molecule has 0 atom stereocenters. The van der Waals surface area contributed by atoms with Crippen LogP contribution in [0.4, 0.5) is 5.82 Å². The highest BCUT2D eigenvalue weighted by Gasteiger charge is 2.01. The summed E-state index contributed by atoms with van der Waals surface area (Å²) < 4.78 is 0.